The maximum Gasteiger partial charge on any atom is 0.407 e. The molecule has 2 N–H and O–H groups in total. The number of aliphatic hydroxyl groups is 1. The van der Waals surface area contributed by atoms with Crippen molar-refractivity contribution in [3.05, 3.63) is 41.3 Å². The molecular weight excluding hydrogens is 427 g/mol. The maximum atomic E-state index is 15.0. The Kier molecular flexibility index (Phi) is 5.40. The van der Waals surface area contributed by atoms with E-state index in [1.807, 2.05) is 36.9 Å². The number of nitrogens with zero attached hydrogens (tertiary/aromatic N) is 6. The SMILES string of the molecule is Cc1nc(N2CC[C@H](O)C2)cc(-n2ncc3cc(C)c(C4CCN(C(=O)O)CC4F)cc32)n1. The van der Waals surface area contributed by atoms with Gasteiger partial charge in [-0.2, -0.15) is 5.10 Å². The second-order valence-electron chi connectivity index (χ2n) is 8.98. The van der Waals surface area contributed by atoms with E-state index in [4.69, 9.17) is 0 Å². The van der Waals surface area contributed by atoms with Crippen LogP contribution in [0.4, 0.5) is 15.0 Å². The Balaban J connectivity index is 1.52. The number of halogens is 1. The van der Waals surface area contributed by atoms with Gasteiger partial charge in [0.1, 0.15) is 17.8 Å². The van der Waals surface area contributed by atoms with Crippen LogP contribution in [0.3, 0.4) is 0 Å². The van der Waals surface area contributed by atoms with E-state index in [-0.39, 0.29) is 18.6 Å². The van der Waals surface area contributed by atoms with Gasteiger partial charge in [-0.05, 0) is 49.9 Å². The number of rotatable bonds is 3. The van der Waals surface area contributed by atoms with Crippen molar-refractivity contribution < 1.29 is 19.4 Å². The summed E-state index contributed by atoms with van der Waals surface area (Å²) < 4.78 is 16.7. The van der Waals surface area contributed by atoms with Gasteiger partial charge in [0.05, 0.1) is 24.4 Å². The van der Waals surface area contributed by atoms with Crippen LogP contribution >= 0.6 is 0 Å². The molecule has 10 heteroatoms. The second-order valence-corrected chi connectivity index (χ2v) is 8.98. The van der Waals surface area contributed by atoms with Gasteiger partial charge in [-0.15, -0.1) is 0 Å². The van der Waals surface area contributed by atoms with E-state index >= 15 is 4.39 Å². The third kappa shape index (κ3) is 3.99. The zero-order valence-corrected chi connectivity index (χ0v) is 18.6. The number of hydrogen-bond donors (Lipinski definition) is 2. The number of likely N-dealkylation sites (tertiary alicyclic amines) is 1. The zero-order valence-electron chi connectivity index (χ0n) is 18.6. The number of β-amino-alcohol motifs (C(OH)–C–C–N with tert-alkyl or cyclic N) is 1. The summed E-state index contributed by atoms with van der Waals surface area (Å²) >= 11 is 0. The van der Waals surface area contributed by atoms with Gasteiger partial charge < -0.3 is 20.0 Å². The normalized spacial score (nSPS) is 23.5. The summed E-state index contributed by atoms with van der Waals surface area (Å²) in [6.45, 7) is 5.23. The van der Waals surface area contributed by atoms with Crippen LogP contribution in [0, 0.1) is 13.8 Å². The number of aromatic nitrogens is 4. The fraction of sp³-hybridized carbons (Fsp3) is 0.478. The van der Waals surface area contributed by atoms with Crippen molar-refractivity contribution >= 4 is 22.8 Å². The average molecular weight is 455 g/mol. The average Bonchev–Trinajstić information content (AvgIpc) is 3.38. The summed E-state index contributed by atoms with van der Waals surface area (Å²) in [5.74, 6) is 1.59. The van der Waals surface area contributed by atoms with Crippen LogP contribution in [0.1, 0.15) is 35.7 Å². The minimum Gasteiger partial charge on any atom is -0.465 e. The number of anilines is 1. The Bertz CT molecular complexity index is 1210. The summed E-state index contributed by atoms with van der Waals surface area (Å²) in [4.78, 5) is 23.5. The summed E-state index contributed by atoms with van der Waals surface area (Å²) in [7, 11) is 0. The molecule has 3 atom stereocenters. The number of piperidine rings is 1. The van der Waals surface area contributed by atoms with Crippen molar-refractivity contribution in [3.8, 4) is 5.82 Å². The molecule has 2 aliphatic rings. The molecule has 9 nitrogen and oxygen atoms in total. The first-order chi connectivity index (χ1) is 15.8. The first kappa shape index (κ1) is 21.6. The van der Waals surface area contributed by atoms with Crippen molar-refractivity contribution in [1.82, 2.24) is 24.6 Å². The highest BCUT2D eigenvalue weighted by Crippen LogP contribution is 2.35. The lowest BCUT2D eigenvalue weighted by Crippen LogP contribution is -2.43. The predicted octanol–water partition coefficient (Wildman–Crippen LogP) is 2.81. The van der Waals surface area contributed by atoms with Gasteiger partial charge in [-0.25, -0.2) is 23.8 Å². The summed E-state index contributed by atoms with van der Waals surface area (Å²) in [6, 6.07) is 5.82. The molecule has 33 heavy (non-hydrogen) atoms. The predicted molar refractivity (Wildman–Crippen MR) is 121 cm³/mol. The first-order valence-corrected chi connectivity index (χ1v) is 11.2. The number of carboxylic acid groups (broad SMARTS) is 1. The molecule has 0 radical (unpaired) electrons. The fourth-order valence-electron chi connectivity index (χ4n) is 4.97. The molecule has 3 aromatic rings. The monoisotopic (exact) mass is 454 g/mol. The van der Waals surface area contributed by atoms with Crippen LogP contribution in [0.2, 0.25) is 0 Å². The lowest BCUT2D eigenvalue weighted by molar-refractivity contribution is 0.0962. The van der Waals surface area contributed by atoms with Crippen LogP contribution in [0.25, 0.3) is 16.7 Å². The molecule has 2 saturated heterocycles. The van der Waals surface area contributed by atoms with Gasteiger partial charge in [0.2, 0.25) is 0 Å². The smallest absolute Gasteiger partial charge is 0.407 e. The molecule has 0 bridgehead atoms. The quantitative estimate of drug-likeness (QED) is 0.627. The van der Waals surface area contributed by atoms with Gasteiger partial charge >= 0.3 is 6.09 Å². The molecule has 1 aromatic carbocycles. The van der Waals surface area contributed by atoms with E-state index in [1.165, 1.54) is 0 Å². The number of aliphatic hydroxyl groups excluding tert-OH is 1. The van der Waals surface area contributed by atoms with Gasteiger partial charge in [0, 0.05) is 37.0 Å². The van der Waals surface area contributed by atoms with Gasteiger partial charge in [0.15, 0.2) is 5.82 Å². The van der Waals surface area contributed by atoms with E-state index in [1.54, 1.807) is 10.9 Å². The first-order valence-electron chi connectivity index (χ1n) is 11.2. The highest BCUT2D eigenvalue weighted by molar-refractivity contribution is 5.82. The second kappa shape index (κ2) is 8.26. The number of amides is 1. The third-order valence-electron chi connectivity index (χ3n) is 6.68. The maximum absolute atomic E-state index is 15.0. The topological polar surface area (TPSA) is 108 Å². The number of fused-ring (bicyclic) bond motifs is 1. The molecular formula is C23H27FN6O3. The fourth-order valence-corrected chi connectivity index (χ4v) is 4.97. The molecule has 1 amide bonds. The summed E-state index contributed by atoms with van der Waals surface area (Å²) in [6.07, 6.45) is 0.196. The Morgan fingerprint density at radius 1 is 1.09 bits per heavy atom. The van der Waals surface area contributed by atoms with Crippen molar-refractivity contribution in [3.63, 3.8) is 0 Å². The van der Waals surface area contributed by atoms with Crippen molar-refractivity contribution in [2.24, 2.45) is 0 Å². The highest BCUT2D eigenvalue weighted by atomic mass is 19.1. The zero-order chi connectivity index (χ0) is 23.3. The number of aryl methyl sites for hydroxylation is 2. The Labute approximate surface area is 190 Å². The molecule has 0 saturated carbocycles. The molecule has 2 fully saturated rings. The Morgan fingerprint density at radius 2 is 1.88 bits per heavy atom. The molecule has 4 heterocycles. The van der Waals surface area contributed by atoms with E-state index in [0.717, 1.165) is 39.3 Å². The van der Waals surface area contributed by atoms with Crippen LogP contribution in [-0.2, 0) is 0 Å². The van der Waals surface area contributed by atoms with E-state index in [9.17, 15) is 15.0 Å². The Morgan fingerprint density at radius 3 is 2.58 bits per heavy atom. The third-order valence-corrected chi connectivity index (χ3v) is 6.68. The van der Waals surface area contributed by atoms with E-state index in [2.05, 4.69) is 15.1 Å². The van der Waals surface area contributed by atoms with Gasteiger partial charge in [-0.1, -0.05) is 0 Å². The molecule has 2 unspecified atom stereocenters. The van der Waals surface area contributed by atoms with E-state index < -0.39 is 12.3 Å². The number of benzene rings is 1. The van der Waals surface area contributed by atoms with Crippen molar-refractivity contribution in [1.29, 1.82) is 0 Å². The molecule has 2 aliphatic heterocycles. The number of alkyl halides is 1. The largest absolute Gasteiger partial charge is 0.465 e. The minimum atomic E-state index is -1.27. The molecule has 2 aromatic heterocycles. The van der Waals surface area contributed by atoms with Crippen LogP contribution < -0.4 is 4.90 Å². The van der Waals surface area contributed by atoms with Crippen molar-refractivity contribution in [2.75, 3.05) is 31.1 Å². The molecule has 0 aliphatic carbocycles. The Hall–Kier alpha value is -3.27. The van der Waals surface area contributed by atoms with E-state index in [0.29, 0.717) is 37.6 Å². The van der Waals surface area contributed by atoms with Crippen LogP contribution in [0.5, 0.6) is 0 Å². The molecule has 0 spiro atoms. The summed E-state index contributed by atoms with van der Waals surface area (Å²) in [5.41, 5.74) is 2.65. The number of carbonyl (C=O) groups is 1. The van der Waals surface area contributed by atoms with Crippen LogP contribution in [-0.4, -0.2) is 79.4 Å². The molecule has 174 valence electrons. The number of hydrogen-bond acceptors (Lipinski definition) is 6. The standard InChI is InChI=1S/C23H27FN6O3/c1-13-7-15-10-25-30(22-9-21(26-14(2)27-22)28-5-3-16(31)11-28)20(15)8-18(13)17-4-6-29(23(32)33)12-19(17)24/h7-10,16-17,19,31H,3-6,11-12H2,1-2H3,(H,32,33)/t16-,17?,19?/m0/s1. The van der Waals surface area contributed by atoms with Gasteiger partial charge in [0.25, 0.3) is 0 Å². The summed E-state index contributed by atoms with van der Waals surface area (Å²) in [5, 5.41) is 24.6. The molecule has 5 rings (SSSR count). The van der Waals surface area contributed by atoms with Gasteiger partial charge in [-0.3, -0.25) is 0 Å². The lowest BCUT2D eigenvalue weighted by Gasteiger charge is -2.34. The van der Waals surface area contributed by atoms with Crippen LogP contribution in [0.15, 0.2) is 24.4 Å². The minimum absolute atomic E-state index is 0.118. The lowest BCUT2D eigenvalue weighted by atomic mass is 9.85. The van der Waals surface area contributed by atoms with Crippen molar-refractivity contribution in [2.45, 2.75) is 44.9 Å². The highest BCUT2D eigenvalue weighted by Gasteiger charge is 2.33.